The number of aromatic nitrogens is 2. The van der Waals surface area contributed by atoms with Crippen molar-refractivity contribution in [3.63, 3.8) is 0 Å². The van der Waals surface area contributed by atoms with Crippen LogP contribution in [-0.4, -0.2) is 40.8 Å². The maximum atomic E-state index is 12.6. The van der Waals surface area contributed by atoms with E-state index in [2.05, 4.69) is 20.2 Å². The molecule has 2 heterocycles. The van der Waals surface area contributed by atoms with Crippen molar-refractivity contribution in [3.8, 4) is 0 Å². The van der Waals surface area contributed by atoms with E-state index in [-0.39, 0.29) is 23.3 Å². The first-order valence-electron chi connectivity index (χ1n) is 8.49. The number of rotatable bonds is 4. The van der Waals surface area contributed by atoms with E-state index in [0.717, 1.165) is 25.1 Å². The Hall–Kier alpha value is -3.00. The number of nitrogens with zero attached hydrogens (tertiary/aromatic N) is 3. The van der Waals surface area contributed by atoms with Gasteiger partial charge in [-0.3, -0.25) is 9.59 Å². The van der Waals surface area contributed by atoms with Gasteiger partial charge in [-0.25, -0.2) is 9.97 Å². The van der Waals surface area contributed by atoms with Crippen molar-refractivity contribution in [2.75, 3.05) is 29.0 Å². The van der Waals surface area contributed by atoms with E-state index in [1.807, 2.05) is 6.07 Å². The maximum Gasteiger partial charge on any atom is 0.278 e. The lowest BCUT2D eigenvalue weighted by Crippen LogP contribution is -2.43. The number of nitrogens with one attached hydrogen (secondary N) is 1. The summed E-state index contributed by atoms with van der Waals surface area (Å²) in [6.07, 6.45) is 4.77. The maximum absolute atomic E-state index is 12.6. The van der Waals surface area contributed by atoms with E-state index < -0.39 is 5.91 Å². The highest BCUT2D eigenvalue weighted by atomic mass is 16.2. The summed E-state index contributed by atoms with van der Waals surface area (Å²) in [5.74, 6) is -0.505. The molecule has 0 aliphatic carbocycles. The zero-order chi connectivity index (χ0) is 18.7. The predicted octanol–water partition coefficient (Wildman–Crippen LogP) is 1.44. The molecule has 26 heavy (non-hydrogen) atoms. The molecule has 136 valence electrons. The third-order valence-electron chi connectivity index (χ3n) is 4.39. The monoisotopic (exact) mass is 354 g/mol. The molecule has 0 radical (unpaired) electrons. The number of anilines is 3. The van der Waals surface area contributed by atoms with E-state index in [4.69, 9.17) is 11.5 Å². The van der Waals surface area contributed by atoms with Gasteiger partial charge in [0.1, 0.15) is 0 Å². The number of piperidine rings is 1. The van der Waals surface area contributed by atoms with Gasteiger partial charge in [-0.15, -0.1) is 0 Å². The van der Waals surface area contributed by atoms with Crippen molar-refractivity contribution in [2.45, 2.75) is 25.8 Å². The van der Waals surface area contributed by atoms with Gasteiger partial charge in [-0.05, 0) is 38.0 Å². The quantitative estimate of drug-likeness (QED) is 0.709. The number of carbonyl (C=O) groups is 2. The lowest BCUT2D eigenvalue weighted by atomic mass is 10.0. The summed E-state index contributed by atoms with van der Waals surface area (Å²) in [5, 5.41) is 2.82. The highest BCUT2D eigenvalue weighted by molar-refractivity contribution is 6.08. The molecule has 2 aromatic rings. The molecule has 1 aromatic heterocycles. The normalized spacial score (nSPS) is 17.0. The fourth-order valence-corrected chi connectivity index (χ4v) is 3.06. The van der Waals surface area contributed by atoms with Crippen LogP contribution in [-0.2, 0) is 0 Å². The minimum Gasteiger partial charge on any atom is -0.382 e. The fraction of sp³-hybridized carbons (Fsp3) is 0.333. The number of nitrogen functional groups attached to an aromatic ring is 1. The van der Waals surface area contributed by atoms with Gasteiger partial charge >= 0.3 is 0 Å². The lowest BCUT2D eigenvalue weighted by Gasteiger charge is -2.34. The van der Waals surface area contributed by atoms with Crippen LogP contribution < -0.4 is 21.7 Å². The lowest BCUT2D eigenvalue weighted by molar-refractivity contribution is 0.100. The van der Waals surface area contributed by atoms with Crippen LogP contribution in [0.4, 0.5) is 17.2 Å². The summed E-state index contributed by atoms with van der Waals surface area (Å²) in [6, 6.07) is 5.34. The Labute approximate surface area is 151 Å². The van der Waals surface area contributed by atoms with Crippen molar-refractivity contribution >= 4 is 28.9 Å². The number of amides is 1. The number of Topliss-reactive ketones (excluding diaryl/α,β-unsaturated/α-hetero) is 1. The molecule has 1 aliphatic rings. The average Bonchev–Trinajstić information content (AvgIpc) is 2.62. The van der Waals surface area contributed by atoms with Crippen molar-refractivity contribution in [1.29, 1.82) is 0 Å². The molecule has 1 fully saturated rings. The Kier molecular flexibility index (Phi) is 5.13. The molecule has 8 heteroatoms. The topological polar surface area (TPSA) is 127 Å². The first kappa shape index (κ1) is 17.8. The van der Waals surface area contributed by atoms with Crippen LogP contribution in [0, 0.1) is 0 Å². The summed E-state index contributed by atoms with van der Waals surface area (Å²) in [7, 11) is 0. The number of hydrogen-bond acceptors (Lipinski definition) is 7. The third kappa shape index (κ3) is 3.80. The molecule has 1 atom stereocenters. The zero-order valence-electron chi connectivity index (χ0n) is 14.6. The molecule has 5 N–H and O–H groups in total. The summed E-state index contributed by atoms with van der Waals surface area (Å²) in [6.45, 7) is 3.01. The van der Waals surface area contributed by atoms with Crippen molar-refractivity contribution in [2.24, 2.45) is 5.73 Å². The number of ketones is 1. The molecule has 1 saturated heterocycles. The Morgan fingerprint density at radius 3 is 2.73 bits per heavy atom. The number of benzene rings is 1. The standard InChI is InChI=1S/C18H22N6O2/c1-11(25)12-4-5-15(24-8-2-3-13(19)10-24)14(9-12)23-18(26)16-17(20)22-7-6-21-16/h4-7,9,13H,2-3,8,10,19H2,1H3,(H2,20,22)(H,23,26). The second-order valence-electron chi connectivity index (χ2n) is 6.38. The van der Waals surface area contributed by atoms with E-state index >= 15 is 0 Å². The molecule has 1 amide bonds. The largest absolute Gasteiger partial charge is 0.382 e. The summed E-state index contributed by atoms with van der Waals surface area (Å²) < 4.78 is 0. The van der Waals surface area contributed by atoms with Crippen LogP contribution in [0.1, 0.15) is 40.6 Å². The number of nitrogens with two attached hydrogens (primary N) is 2. The van der Waals surface area contributed by atoms with Crippen LogP contribution in [0.25, 0.3) is 0 Å². The SMILES string of the molecule is CC(=O)c1ccc(N2CCCC(N)C2)c(NC(=O)c2nccnc2N)c1. The summed E-state index contributed by atoms with van der Waals surface area (Å²) in [4.78, 5) is 34.3. The Morgan fingerprint density at radius 2 is 2.04 bits per heavy atom. The average molecular weight is 354 g/mol. The van der Waals surface area contributed by atoms with Crippen molar-refractivity contribution < 1.29 is 9.59 Å². The molecule has 3 rings (SSSR count). The van der Waals surface area contributed by atoms with Gasteiger partial charge in [0.05, 0.1) is 11.4 Å². The first-order chi connectivity index (χ1) is 12.5. The molecular formula is C18H22N6O2. The molecule has 0 bridgehead atoms. The number of carbonyl (C=O) groups excluding carboxylic acids is 2. The summed E-state index contributed by atoms with van der Waals surface area (Å²) in [5.41, 5.74) is 13.7. The van der Waals surface area contributed by atoms with Crippen molar-refractivity contribution in [1.82, 2.24) is 9.97 Å². The summed E-state index contributed by atoms with van der Waals surface area (Å²) >= 11 is 0. The van der Waals surface area contributed by atoms with Gasteiger partial charge in [0.15, 0.2) is 17.3 Å². The van der Waals surface area contributed by atoms with E-state index in [1.165, 1.54) is 19.3 Å². The fourth-order valence-electron chi connectivity index (χ4n) is 3.06. The van der Waals surface area contributed by atoms with Crippen LogP contribution >= 0.6 is 0 Å². The molecule has 1 aromatic carbocycles. The highest BCUT2D eigenvalue weighted by Gasteiger charge is 2.22. The second kappa shape index (κ2) is 7.49. The van der Waals surface area contributed by atoms with Crippen LogP contribution in [0.15, 0.2) is 30.6 Å². The Bertz CT molecular complexity index is 838. The van der Waals surface area contributed by atoms with Gasteiger partial charge in [0, 0.05) is 37.1 Å². The first-order valence-corrected chi connectivity index (χ1v) is 8.49. The van der Waals surface area contributed by atoms with Crippen LogP contribution in [0.5, 0.6) is 0 Å². The van der Waals surface area contributed by atoms with E-state index in [0.29, 0.717) is 17.8 Å². The van der Waals surface area contributed by atoms with Crippen LogP contribution in [0.2, 0.25) is 0 Å². The molecule has 0 saturated carbocycles. The molecular weight excluding hydrogens is 332 g/mol. The Balaban J connectivity index is 1.95. The highest BCUT2D eigenvalue weighted by Crippen LogP contribution is 2.30. The van der Waals surface area contributed by atoms with Gasteiger partial charge in [-0.2, -0.15) is 0 Å². The van der Waals surface area contributed by atoms with Gasteiger partial charge in [0.2, 0.25) is 0 Å². The predicted molar refractivity (Wildman–Crippen MR) is 100 cm³/mol. The Morgan fingerprint density at radius 1 is 1.27 bits per heavy atom. The minimum absolute atomic E-state index is 0.0435. The van der Waals surface area contributed by atoms with Gasteiger partial charge in [0.25, 0.3) is 5.91 Å². The molecule has 0 spiro atoms. The zero-order valence-corrected chi connectivity index (χ0v) is 14.6. The molecule has 1 unspecified atom stereocenters. The van der Waals surface area contributed by atoms with E-state index in [1.54, 1.807) is 12.1 Å². The number of hydrogen-bond donors (Lipinski definition) is 3. The van der Waals surface area contributed by atoms with Crippen LogP contribution in [0.3, 0.4) is 0 Å². The second-order valence-corrected chi connectivity index (χ2v) is 6.38. The van der Waals surface area contributed by atoms with Crippen molar-refractivity contribution in [3.05, 3.63) is 41.9 Å². The van der Waals surface area contributed by atoms with Gasteiger partial charge < -0.3 is 21.7 Å². The smallest absolute Gasteiger partial charge is 0.278 e. The minimum atomic E-state index is -0.473. The third-order valence-corrected chi connectivity index (χ3v) is 4.39. The van der Waals surface area contributed by atoms with Gasteiger partial charge in [-0.1, -0.05) is 0 Å². The molecule has 1 aliphatic heterocycles. The molecule has 8 nitrogen and oxygen atoms in total. The van der Waals surface area contributed by atoms with E-state index in [9.17, 15) is 9.59 Å².